The number of rotatable bonds is 4. The number of hydrogen-bond donors (Lipinski definition) is 3. The van der Waals surface area contributed by atoms with Crippen LogP contribution in [-0.4, -0.2) is 41.2 Å². The van der Waals surface area contributed by atoms with E-state index in [0.717, 1.165) is 31.5 Å². The molecule has 2 aliphatic rings. The van der Waals surface area contributed by atoms with E-state index in [0.29, 0.717) is 18.4 Å². The summed E-state index contributed by atoms with van der Waals surface area (Å²) in [5.41, 5.74) is -0.300. The van der Waals surface area contributed by atoms with E-state index in [1.54, 1.807) is 0 Å². The van der Waals surface area contributed by atoms with Gasteiger partial charge in [-0.15, -0.1) is 13.2 Å². The Morgan fingerprint density at radius 1 is 1.24 bits per heavy atom. The van der Waals surface area contributed by atoms with E-state index in [1.807, 2.05) is 4.90 Å². The minimum absolute atomic E-state index is 0.0392. The summed E-state index contributed by atoms with van der Waals surface area (Å²) in [6.45, 7) is 3.54. The number of piperidine rings is 1. The maximum Gasteiger partial charge on any atom is 0.573 e. The molecule has 0 radical (unpaired) electrons. The van der Waals surface area contributed by atoms with Crippen LogP contribution in [0.25, 0.3) is 0 Å². The fourth-order valence-corrected chi connectivity index (χ4v) is 4.08. The minimum Gasteiger partial charge on any atom is -0.406 e. The summed E-state index contributed by atoms with van der Waals surface area (Å²) < 4.78 is 40.7. The standard InChI is InChI=1S/C21H22F3N5O4/c1-11-3-2-8-29(10-11)20-27-17-16(19(32)28-20)14(9-15(30)26-17)18(31)25-12-4-6-13(7-5-12)33-21(22,23)24/h4-7,11,14H,2-3,8-10H2,1H3,(H,25,31)(H2,26,27,28,30,32)/t11-,14+/m1/s1. The molecular formula is C21H22F3N5O4. The highest BCUT2D eigenvalue weighted by molar-refractivity contribution is 6.04. The van der Waals surface area contributed by atoms with Gasteiger partial charge in [0.25, 0.3) is 5.56 Å². The normalized spacial score (nSPS) is 20.6. The Hall–Kier alpha value is -3.57. The molecule has 2 amide bonds. The maximum absolute atomic E-state index is 12.9. The van der Waals surface area contributed by atoms with Crippen LogP contribution >= 0.6 is 0 Å². The van der Waals surface area contributed by atoms with Gasteiger partial charge in [0, 0.05) is 25.2 Å². The molecule has 1 saturated heterocycles. The molecule has 2 aliphatic heterocycles. The van der Waals surface area contributed by atoms with Crippen LogP contribution in [0.1, 0.15) is 37.7 Å². The molecule has 1 aromatic heterocycles. The summed E-state index contributed by atoms with van der Waals surface area (Å²) in [5.74, 6) is -1.85. The summed E-state index contributed by atoms with van der Waals surface area (Å²) in [4.78, 5) is 47.1. The number of anilines is 3. The van der Waals surface area contributed by atoms with Gasteiger partial charge in [-0.05, 0) is 43.0 Å². The van der Waals surface area contributed by atoms with Crippen LogP contribution in [-0.2, 0) is 9.59 Å². The van der Waals surface area contributed by atoms with Gasteiger partial charge in [0.15, 0.2) is 0 Å². The zero-order valence-corrected chi connectivity index (χ0v) is 17.7. The highest BCUT2D eigenvalue weighted by Gasteiger charge is 2.35. The molecule has 1 fully saturated rings. The first-order chi connectivity index (χ1) is 15.6. The molecule has 0 bridgehead atoms. The smallest absolute Gasteiger partial charge is 0.406 e. The lowest BCUT2D eigenvalue weighted by Gasteiger charge is -2.32. The van der Waals surface area contributed by atoms with Gasteiger partial charge in [0.1, 0.15) is 11.6 Å². The zero-order valence-electron chi connectivity index (χ0n) is 17.7. The molecule has 0 spiro atoms. The van der Waals surface area contributed by atoms with Gasteiger partial charge in [0.2, 0.25) is 17.8 Å². The van der Waals surface area contributed by atoms with Gasteiger partial charge in [-0.2, -0.15) is 4.98 Å². The van der Waals surface area contributed by atoms with E-state index in [4.69, 9.17) is 0 Å². The van der Waals surface area contributed by atoms with Crippen molar-refractivity contribution >= 4 is 29.3 Å². The van der Waals surface area contributed by atoms with E-state index in [9.17, 15) is 27.6 Å². The highest BCUT2D eigenvalue weighted by atomic mass is 19.4. The number of nitrogens with zero attached hydrogens (tertiary/aromatic N) is 2. The quantitative estimate of drug-likeness (QED) is 0.639. The SMILES string of the molecule is C[C@@H]1CCCN(c2nc3c(c(=O)[nH]2)[C@@H](C(=O)Nc2ccc(OC(F)(F)F)cc2)CC(=O)N3)C1. The van der Waals surface area contributed by atoms with Crippen LogP contribution < -0.4 is 25.8 Å². The second-order valence-corrected chi connectivity index (χ2v) is 8.21. The molecule has 3 N–H and O–H groups in total. The summed E-state index contributed by atoms with van der Waals surface area (Å²) in [7, 11) is 0. The maximum atomic E-state index is 12.9. The molecule has 176 valence electrons. The summed E-state index contributed by atoms with van der Waals surface area (Å²) in [6.07, 6.45) is -3.07. The van der Waals surface area contributed by atoms with Crippen molar-refractivity contribution in [3.8, 4) is 5.75 Å². The van der Waals surface area contributed by atoms with Gasteiger partial charge in [-0.3, -0.25) is 19.4 Å². The Morgan fingerprint density at radius 3 is 2.64 bits per heavy atom. The van der Waals surface area contributed by atoms with Crippen molar-refractivity contribution < 1.29 is 27.5 Å². The molecule has 0 aliphatic carbocycles. The molecule has 2 atom stereocenters. The first kappa shape index (κ1) is 22.6. The lowest BCUT2D eigenvalue weighted by Crippen LogP contribution is -2.40. The molecule has 12 heteroatoms. The van der Waals surface area contributed by atoms with Gasteiger partial charge in [-0.1, -0.05) is 6.92 Å². The number of alkyl halides is 3. The second kappa shape index (κ2) is 8.75. The van der Waals surface area contributed by atoms with Gasteiger partial charge >= 0.3 is 6.36 Å². The molecular weight excluding hydrogens is 443 g/mol. The molecule has 1 aromatic carbocycles. The molecule has 3 heterocycles. The number of amides is 2. The third-order valence-corrected chi connectivity index (χ3v) is 5.57. The van der Waals surface area contributed by atoms with Crippen LogP contribution in [0, 0.1) is 5.92 Å². The van der Waals surface area contributed by atoms with Crippen molar-refractivity contribution in [2.45, 2.75) is 38.5 Å². The molecule has 33 heavy (non-hydrogen) atoms. The number of carbonyl (C=O) groups excluding carboxylic acids is 2. The number of hydrogen-bond acceptors (Lipinski definition) is 6. The van der Waals surface area contributed by atoms with E-state index >= 15 is 0 Å². The minimum atomic E-state index is -4.83. The number of aromatic nitrogens is 2. The van der Waals surface area contributed by atoms with E-state index in [1.165, 1.54) is 12.1 Å². The monoisotopic (exact) mass is 465 g/mol. The number of fused-ring (bicyclic) bond motifs is 1. The number of nitrogens with one attached hydrogen (secondary N) is 3. The number of H-pyrrole nitrogens is 1. The Labute approximate surface area is 186 Å². The fraction of sp³-hybridized carbons (Fsp3) is 0.429. The van der Waals surface area contributed by atoms with E-state index in [-0.39, 0.29) is 23.5 Å². The van der Waals surface area contributed by atoms with Gasteiger partial charge in [0.05, 0.1) is 11.5 Å². The molecule has 9 nitrogen and oxygen atoms in total. The van der Waals surface area contributed by atoms with Crippen molar-refractivity contribution in [3.63, 3.8) is 0 Å². The molecule has 4 rings (SSSR count). The van der Waals surface area contributed by atoms with Crippen LogP contribution in [0.3, 0.4) is 0 Å². The number of halogens is 3. The van der Waals surface area contributed by atoms with Crippen molar-refractivity contribution in [2.75, 3.05) is 28.6 Å². The highest BCUT2D eigenvalue weighted by Crippen LogP contribution is 2.31. The predicted octanol–water partition coefficient (Wildman–Crippen LogP) is 2.97. The van der Waals surface area contributed by atoms with E-state index < -0.39 is 35.4 Å². The average molecular weight is 465 g/mol. The van der Waals surface area contributed by atoms with Gasteiger partial charge < -0.3 is 20.3 Å². The third-order valence-electron chi connectivity index (χ3n) is 5.57. The summed E-state index contributed by atoms with van der Waals surface area (Å²) >= 11 is 0. The van der Waals surface area contributed by atoms with Crippen molar-refractivity contribution in [2.24, 2.45) is 5.92 Å². The number of benzene rings is 1. The lowest BCUT2D eigenvalue weighted by molar-refractivity contribution is -0.274. The van der Waals surface area contributed by atoms with Gasteiger partial charge in [-0.25, -0.2) is 0 Å². The fourth-order valence-electron chi connectivity index (χ4n) is 4.08. The van der Waals surface area contributed by atoms with Crippen LogP contribution in [0.5, 0.6) is 5.75 Å². The summed E-state index contributed by atoms with van der Waals surface area (Å²) in [5, 5.41) is 5.10. The summed E-state index contributed by atoms with van der Waals surface area (Å²) in [6, 6.07) is 4.55. The predicted molar refractivity (Wildman–Crippen MR) is 113 cm³/mol. The Kier molecular flexibility index (Phi) is 6.00. The topological polar surface area (TPSA) is 116 Å². The van der Waals surface area contributed by atoms with Crippen molar-refractivity contribution in [1.82, 2.24) is 9.97 Å². The van der Waals surface area contributed by atoms with Crippen LogP contribution in [0.4, 0.5) is 30.6 Å². The first-order valence-corrected chi connectivity index (χ1v) is 10.4. The molecule has 0 unspecified atom stereocenters. The number of ether oxygens (including phenoxy) is 1. The molecule has 0 saturated carbocycles. The first-order valence-electron chi connectivity index (χ1n) is 10.4. The largest absolute Gasteiger partial charge is 0.573 e. The Morgan fingerprint density at radius 2 is 1.97 bits per heavy atom. The second-order valence-electron chi connectivity index (χ2n) is 8.21. The average Bonchev–Trinajstić information content (AvgIpc) is 2.73. The van der Waals surface area contributed by atoms with Crippen LogP contribution in [0.2, 0.25) is 0 Å². The number of aromatic amines is 1. The molecule has 2 aromatic rings. The Bertz CT molecular complexity index is 1120. The zero-order chi connectivity index (χ0) is 23.8. The van der Waals surface area contributed by atoms with Crippen molar-refractivity contribution in [3.05, 3.63) is 40.2 Å². The van der Waals surface area contributed by atoms with Crippen LogP contribution in [0.15, 0.2) is 29.1 Å². The van der Waals surface area contributed by atoms with E-state index in [2.05, 4.69) is 32.3 Å². The number of carbonyl (C=O) groups is 2. The third kappa shape index (κ3) is 5.26. The lowest BCUT2D eigenvalue weighted by atomic mass is 9.92. The van der Waals surface area contributed by atoms with Crippen molar-refractivity contribution in [1.29, 1.82) is 0 Å². The Balaban J connectivity index is 1.55.